The number of benzene rings is 1. The molecule has 3 aromatic rings. The lowest BCUT2D eigenvalue weighted by Gasteiger charge is -2.03. The maximum atomic E-state index is 12.0. The van der Waals surface area contributed by atoms with Crippen molar-refractivity contribution in [2.24, 2.45) is 0 Å². The third-order valence-electron chi connectivity index (χ3n) is 3.19. The molecule has 5 heteroatoms. The van der Waals surface area contributed by atoms with Gasteiger partial charge in [-0.2, -0.15) is 0 Å². The predicted molar refractivity (Wildman–Crippen MR) is 85.2 cm³/mol. The van der Waals surface area contributed by atoms with Crippen molar-refractivity contribution in [2.45, 2.75) is 13.5 Å². The maximum Gasteiger partial charge on any atom is 0.251 e. The van der Waals surface area contributed by atoms with E-state index >= 15 is 0 Å². The molecular weight excluding hydrogens is 330 g/mol. The van der Waals surface area contributed by atoms with Gasteiger partial charge in [0.25, 0.3) is 5.91 Å². The van der Waals surface area contributed by atoms with E-state index in [9.17, 15) is 4.79 Å². The van der Waals surface area contributed by atoms with Crippen LogP contribution in [-0.2, 0) is 6.54 Å². The van der Waals surface area contributed by atoms with E-state index < -0.39 is 0 Å². The number of amides is 1. The summed E-state index contributed by atoms with van der Waals surface area (Å²) in [6.45, 7) is 2.45. The van der Waals surface area contributed by atoms with Crippen molar-refractivity contribution in [1.29, 1.82) is 0 Å². The summed E-state index contributed by atoms with van der Waals surface area (Å²) in [4.78, 5) is 16.5. The van der Waals surface area contributed by atoms with E-state index in [4.69, 9.17) is 0 Å². The van der Waals surface area contributed by atoms with Crippen LogP contribution in [-0.4, -0.2) is 15.3 Å². The van der Waals surface area contributed by atoms with E-state index in [0.29, 0.717) is 12.1 Å². The number of aryl methyl sites for hydroxylation is 1. The molecular formula is C16H14BrN3O. The summed E-state index contributed by atoms with van der Waals surface area (Å²) in [6.07, 6.45) is 3.95. The van der Waals surface area contributed by atoms with Crippen LogP contribution >= 0.6 is 15.9 Å². The molecule has 0 aliphatic carbocycles. The highest BCUT2D eigenvalue weighted by molar-refractivity contribution is 9.10. The molecule has 0 radical (unpaired) electrons. The predicted octanol–water partition coefficient (Wildman–Crippen LogP) is 3.34. The molecule has 0 aliphatic heterocycles. The first kappa shape index (κ1) is 13.8. The van der Waals surface area contributed by atoms with Crippen LogP contribution in [0.2, 0.25) is 0 Å². The Bertz CT molecular complexity index is 793. The fourth-order valence-electron chi connectivity index (χ4n) is 2.11. The number of halogens is 1. The summed E-state index contributed by atoms with van der Waals surface area (Å²) in [7, 11) is 0. The van der Waals surface area contributed by atoms with E-state index in [1.165, 1.54) is 5.56 Å². The number of fused-ring (bicyclic) bond motifs is 1. The minimum absolute atomic E-state index is 0.101. The van der Waals surface area contributed by atoms with Crippen LogP contribution in [0.4, 0.5) is 0 Å². The van der Waals surface area contributed by atoms with Gasteiger partial charge in [-0.05, 0) is 42.8 Å². The first-order valence-corrected chi connectivity index (χ1v) is 7.39. The second-order valence-electron chi connectivity index (χ2n) is 4.89. The zero-order valence-electron chi connectivity index (χ0n) is 11.5. The molecule has 0 bridgehead atoms. The minimum atomic E-state index is -0.101. The zero-order chi connectivity index (χ0) is 14.8. The Labute approximate surface area is 131 Å². The van der Waals surface area contributed by atoms with Crippen LogP contribution in [0, 0.1) is 6.92 Å². The van der Waals surface area contributed by atoms with Crippen LogP contribution in [0.15, 0.2) is 53.3 Å². The molecule has 0 atom stereocenters. The zero-order valence-corrected chi connectivity index (χ0v) is 13.1. The van der Waals surface area contributed by atoms with Gasteiger partial charge in [0.05, 0.1) is 12.2 Å². The van der Waals surface area contributed by atoms with E-state index in [2.05, 4.69) is 26.2 Å². The van der Waals surface area contributed by atoms with Gasteiger partial charge < -0.3 is 9.72 Å². The lowest BCUT2D eigenvalue weighted by atomic mass is 10.2. The third-order valence-corrected chi connectivity index (χ3v) is 3.71. The van der Waals surface area contributed by atoms with Crippen molar-refractivity contribution >= 4 is 27.5 Å². The van der Waals surface area contributed by atoms with Crippen LogP contribution < -0.4 is 5.32 Å². The second-order valence-corrected chi connectivity index (χ2v) is 5.81. The lowest BCUT2D eigenvalue weighted by Crippen LogP contribution is -2.22. The van der Waals surface area contributed by atoms with Gasteiger partial charge in [0, 0.05) is 22.4 Å². The number of rotatable bonds is 3. The molecule has 2 heterocycles. The minimum Gasteiger partial charge on any atom is -0.346 e. The SMILES string of the molecule is Cc1ccc2nc(CNC(=O)c3ccc(Br)cc3)cn2c1. The Kier molecular flexibility index (Phi) is 3.75. The molecule has 0 unspecified atom stereocenters. The number of pyridine rings is 1. The molecule has 0 aliphatic rings. The van der Waals surface area contributed by atoms with Crippen molar-refractivity contribution in [3.05, 3.63) is 70.1 Å². The van der Waals surface area contributed by atoms with E-state index in [0.717, 1.165) is 15.8 Å². The molecule has 0 saturated carbocycles. The average Bonchev–Trinajstić information content (AvgIpc) is 2.87. The standard InChI is InChI=1S/C16H14BrN3O/c1-11-2-7-15-19-14(10-20(15)9-11)8-18-16(21)12-3-5-13(17)6-4-12/h2-7,9-10H,8H2,1H3,(H,18,21). The molecule has 3 rings (SSSR count). The highest BCUT2D eigenvalue weighted by atomic mass is 79.9. The molecule has 4 nitrogen and oxygen atoms in total. The number of nitrogens with one attached hydrogen (secondary N) is 1. The van der Waals surface area contributed by atoms with Gasteiger partial charge in [0.15, 0.2) is 0 Å². The summed E-state index contributed by atoms with van der Waals surface area (Å²) in [6, 6.07) is 11.3. The average molecular weight is 344 g/mol. The Hall–Kier alpha value is -2.14. The summed E-state index contributed by atoms with van der Waals surface area (Å²) in [5.41, 5.74) is 3.53. The summed E-state index contributed by atoms with van der Waals surface area (Å²) >= 11 is 3.35. The molecule has 2 aromatic heterocycles. The number of imidazole rings is 1. The maximum absolute atomic E-state index is 12.0. The van der Waals surface area contributed by atoms with Crippen LogP contribution in [0.5, 0.6) is 0 Å². The van der Waals surface area contributed by atoms with Crippen molar-refractivity contribution in [1.82, 2.24) is 14.7 Å². The first-order valence-electron chi connectivity index (χ1n) is 6.60. The van der Waals surface area contributed by atoms with Crippen LogP contribution in [0.1, 0.15) is 21.6 Å². The quantitative estimate of drug-likeness (QED) is 0.792. The third kappa shape index (κ3) is 3.13. The number of carbonyl (C=O) groups excluding carboxylic acids is 1. The Morgan fingerprint density at radius 2 is 1.95 bits per heavy atom. The lowest BCUT2D eigenvalue weighted by molar-refractivity contribution is 0.0950. The molecule has 1 N–H and O–H groups in total. The smallest absolute Gasteiger partial charge is 0.251 e. The van der Waals surface area contributed by atoms with Gasteiger partial charge in [-0.15, -0.1) is 0 Å². The highest BCUT2D eigenvalue weighted by Gasteiger charge is 2.07. The number of carbonyl (C=O) groups is 1. The fraction of sp³-hybridized carbons (Fsp3) is 0.125. The topological polar surface area (TPSA) is 46.4 Å². The molecule has 106 valence electrons. The Morgan fingerprint density at radius 1 is 1.19 bits per heavy atom. The van der Waals surface area contributed by atoms with Crippen molar-refractivity contribution in [3.63, 3.8) is 0 Å². The van der Waals surface area contributed by atoms with E-state index in [-0.39, 0.29) is 5.91 Å². The molecule has 0 saturated heterocycles. The monoisotopic (exact) mass is 343 g/mol. The number of hydrogen-bond acceptors (Lipinski definition) is 2. The van der Waals surface area contributed by atoms with Gasteiger partial charge >= 0.3 is 0 Å². The van der Waals surface area contributed by atoms with Crippen molar-refractivity contribution in [2.75, 3.05) is 0 Å². The van der Waals surface area contributed by atoms with Gasteiger partial charge in [-0.25, -0.2) is 4.98 Å². The van der Waals surface area contributed by atoms with Gasteiger partial charge in [0.1, 0.15) is 5.65 Å². The summed E-state index contributed by atoms with van der Waals surface area (Å²) in [5, 5.41) is 2.88. The van der Waals surface area contributed by atoms with Crippen molar-refractivity contribution in [3.8, 4) is 0 Å². The van der Waals surface area contributed by atoms with Gasteiger partial charge in [-0.1, -0.05) is 22.0 Å². The fourth-order valence-corrected chi connectivity index (χ4v) is 2.38. The van der Waals surface area contributed by atoms with E-state index in [1.807, 2.05) is 48.0 Å². The Balaban J connectivity index is 1.71. The molecule has 0 fully saturated rings. The van der Waals surface area contributed by atoms with Crippen LogP contribution in [0.3, 0.4) is 0 Å². The largest absolute Gasteiger partial charge is 0.346 e. The molecule has 1 amide bonds. The highest BCUT2D eigenvalue weighted by Crippen LogP contribution is 2.11. The van der Waals surface area contributed by atoms with Gasteiger partial charge in [0.2, 0.25) is 0 Å². The van der Waals surface area contributed by atoms with E-state index in [1.54, 1.807) is 12.1 Å². The van der Waals surface area contributed by atoms with Gasteiger partial charge in [-0.3, -0.25) is 4.79 Å². The first-order chi connectivity index (χ1) is 10.1. The molecule has 21 heavy (non-hydrogen) atoms. The number of aromatic nitrogens is 2. The van der Waals surface area contributed by atoms with Crippen LogP contribution in [0.25, 0.3) is 5.65 Å². The number of nitrogens with zero attached hydrogens (tertiary/aromatic N) is 2. The molecule has 1 aromatic carbocycles. The second kappa shape index (κ2) is 5.69. The number of hydrogen-bond donors (Lipinski definition) is 1. The summed E-state index contributed by atoms with van der Waals surface area (Å²) in [5.74, 6) is -0.101. The Morgan fingerprint density at radius 3 is 2.71 bits per heavy atom. The molecule has 0 spiro atoms. The normalized spacial score (nSPS) is 10.8. The summed E-state index contributed by atoms with van der Waals surface area (Å²) < 4.78 is 2.92. The van der Waals surface area contributed by atoms with Crippen molar-refractivity contribution < 1.29 is 4.79 Å².